The molecule has 2 N–H and O–H groups in total. The number of carbonyl (C=O) groups is 1. The van der Waals surface area contributed by atoms with Crippen molar-refractivity contribution in [3.05, 3.63) is 11.7 Å². The number of carbonyl (C=O) groups excluding carboxylic acids is 1. The molecule has 0 radical (unpaired) electrons. The van der Waals surface area contributed by atoms with E-state index in [1.54, 1.807) is 0 Å². The van der Waals surface area contributed by atoms with Gasteiger partial charge in [-0.05, 0) is 25.8 Å². The molecule has 1 atom stereocenters. The van der Waals surface area contributed by atoms with Crippen LogP contribution in [0.25, 0.3) is 0 Å². The fraction of sp³-hybridized carbons (Fsp3) is 0.786. The molecule has 1 aromatic heterocycles. The summed E-state index contributed by atoms with van der Waals surface area (Å²) in [4.78, 5) is 18.4. The molecule has 3 heterocycles. The molecule has 2 saturated heterocycles. The number of urea groups is 1. The van der Waals surface area contributed by atoms with E-state index in [2.05, 4.69) is 20.8 Å². The quantitative estimate of drug-likeness (QED) is 0.866. The van der Waals surface area contributed by atoms with Crippen LogP contribution in [0.15, 0.2) is 4.52 Å². The van der Waals surface area contributed by atoms with Crippen molar-refractivity contribution in [2.45, 2.75) is 39.2 Å². The van der Waals surface area contributed by atoms with E-state index < -0.39 is 0 Å². The number of rotatable bonds is 3. The maximum Gasteiger partial charge on any atom is 0.317 e. The first kappa shape index (κ1) is 14.3. The van der Waals surface area contributed by atoms with Crippen LogP contribution in [0.5, 0.6) is 0 Å². The number of nitrogens with zero attached hydrogens (tertiary/aromatic N) is 3. The lowest BCUT2D eigenvalue weighted by atomic mass is 9.79. The second-order valence-corrected chi connectivity index (χ2v) is 6.07. The molecule has 1 aromatic rings. The first-order chi connectivity index (χ1) is 10.2. The lowest BCUT2D eigenvalue weighted by Gasteiger charge is -2.39. The van der Waals surface area contributed by atoms with Crippen molar-refractivity contribution < 1.29 is 9.32 Å². The number of amides is 2. The van der Waals surface area contributed by atoms with Crippen LogP contribution in [0.4, 0.5) is 4.79 Å². The van der Waals surface area contributed by atoms with Gasteiger partial charge in [0.25, 0.3) is 0 Å². The fourth-order valence-corrected chi connectivity index (χ4v) is 3.30. The zero-order chi connectivity index (χ0) is 14.7. The van der Waals surface area contributed by atoms with Crippen molar-refractivity contribution in [1.29, 1.82) is 0 Å². The van der Waals surface area contributed by atoms with Crippen LogP contribution in [0.2, 0.25) is 0 Å². The number of piperidine rings is 1. The Bertz CT molecular complexity index is 495. The molecule has 3 rings (SSSR count). The van der Waals surface area contributed by atoms with E-state index in [1.165, 1.54) is 12.8 Å². The lowest BCUT2D eigenvalue weighted by molar-refractivity contribution is 0.117. The Morgan fingerprint density at radius 2 is 2.43 bits per heavy atom. The van der Waals surface area contributed by atoms with E-state index in [1.807, 2.05) is 11.8 Å². The number of hydrogen-bond acceptors (Lipinski definition) is 5. The highest BCUT2D eigenvalue weighted by atomic mass is 16.5. The van der Waals surface area contributed by atoms with Crippen LogP contribution < -0.4 is 10.6 Å². The third kappa shape index (κ3) is 3.18. The Morgan fingerprint density at radius 1 is 1.52 bits per heavy atom. The largest absolute Gasteiger partial charge is 0.339 e. The number of likely N-dealkylation sites (tertiary alicyclic amines) is 1. The van der Waals surface area contributed by atoms with Gasteiger partial charge in [0.05, 0.1) is 6.54 Å². The summed E-state index contributed by atoms with van der Waals surface area (Å²) < 4.78 is 5.03. The fourth-order valence-electron chi connectivity index (χ4n) is 3.30. The zero-order valence-electron chi connectivity index (χ0n) is 12.5. The minimum absolute atomic E-state index is 0.0242. The average Bonchev–Trinajstić information content (AvgIpc) is 3.14. The standard InChI is InChI=1S/C14H23N5O2/c1-2-12-17-11(18-21-12)8-16-13(20)19-7-3-4-14(10-19)5-6-15-9-14/h15H,2-10H2,1H3,(H,16,20)/t14-/m0/s1. The third-order valence-corrected chi connectivity index (χ3v) is 4.49. The number of hydrogen-bond donors (Lipinski definition) is 2. The lowest BCUT2D eigenvalue weighted by Crippen LogP contribution is -2.50. The van der Waals surface area contributed by atoms with E-state index in [4.69, 9.17) is 4.52 Å². The summed E-state index contributed by atoms with van der Waals surface area (Å²) in [6, 6.07) is -0.0242. The van der Waals surface area contributed by atoms with Crippen LogP contribution in [-0.4, -0.2) is 47.3 Å². The molecular weight excluding hydrogens is 270 g/mol. The van der Waals surface area contributed by atoms with Gasteiger partial charge in [-0.2, -0.15) is 4.98 Å². The molecule has 0 saturated carbocycles. The first-order valence-electron chi connectivity index (χ1n) is 7.76. The molecular formula is C14H23N5O2. The molecule has 1 spiro atoms. The summed E-state index contributed by atoms with van der Waals surface area (Å²) in [6.07, 6.45) is 4.18. The molecule has 0 bridgehead atoms. The Balaban J connectivity index is 1.52. The topological polar surface area (TPSA) is 83.3 Å². The SMILES string of the molecule is CCc1nc(CNC(=O)N2CCC[C@@]3(CCNC3)C2)no1. The van der Waals surface area contributed by atoms with E-state index in [9.17, 15) is 4.79 Å². The summed E-state index contributed by atoms with van der Waals surface area (Å²) >= 11 is 0. The summed E-state index contributed by atoms with van der Waals surface area (Å²) in [5, 5.41) is 10.2. The van der Waals surface area contributed by atoms with Gasteiger partial charge in [-0.25, -0.2) is 4.79 Å². The smallest absolute Gasteiger partial charge is 0.317 e. The molecule has 2 aliphatic rings. The van der Waals surface area contributed by atoms with Gasteiger partial charge in [0.2, 0.25) is 5.89 Å². The second-order valence-electron chi connectivity index (χ2n) is 6.07. The van der Waals surface area contributed by atoms with Crippen LogP contribution in [-0.2, 0) is 13.0 Å². The summed E-state index contributed by atoms with van der Waals surface area (Å²) in [5.74, 6) is 1.14. The normalized spacial score (nSPS) is 25.5. The van der Waals surface area contributed by atoms with Gasteiger partial charge in [-0.1, -0.05) is 12.1 Å². The van der Waals surface area contributed by atoms with Gasteiger partial charge >= 0.3 is 6.03 Å². The van der Waals surface area contributed by atoms with Crippen LogP contribution in [0.3, 0.4) is 0 Å². The van der Waals surface area contributed by atoms with Crippen molar-refractivity contribution in [2.75, 3.05) is 26.2 Å². The molecule has 21 heavy (non-hydrogen) atoms. The maximum atomic E-state index is 12.3. The van der Waals surface area contributed by atoms with Gasteiger partial charge < -0.3 is 20.1 Å². The van der Waals surface area contributed by atoms with Crippen molar-refractivity contribution in [3.63, 3.8) is 0 Å². The summed E-state index contributed by atoms with van der Waals surface area (Å²) in [5.41, 5.74) is 0.289. The van der Waals surface area contributed by atoms with Crippen LogP contribution in [0, 0.1) is 5.41 Å². The molecule has 0 aliphatic carbocycles. The van der Waals surface area contributed by atoms with E-state index >= 15 is 0 Å². The van der Waals surface area contributed by atoms with Gasteiger partial charge in [0.1, 0.15) is 0 Å². The van der Waals surface area contributed by atoms with Gasteiger partial charge in [0, 0.05) is 31.5 Å². The zero-order valence-corrected chi connectivity index (χ0v) is 12.5. The molecule has 7 heteroatoms. The van der Waals surface area contributed by atoms with E-state index in [0.717, 1.165) is 32.6 Å². The Kier molecular flexibility index (Phi) is 4.10. The number of nitrogens with one attached hydrogen (secondary N) is 2. The highest BCUT2D eigenvalue weighted by molar-refractivity contribution is 5.74. The number of aryl methyl sites for hydroxylation is 1. The molecule has 2 amide bonds. The van der Waals surface area contributed by atoms with Crippen molar-refractivity contribution >= 4 is 6.03 Å². The summed E-state index contributed by atoms with van der Waals surface area (Å²) in [6.45, 7) is 6.06. The van der Waals surface area contributed by atoms with Crippen molar-refractivity contribution in [1.82, 2.24) is 25.7 Å². The monoisotopic (exact) mass is 293 g/mol. The Labute approximate surface area is 124 Å². The molecule has 0 unspecified atom stereocenters. The predicted octanol–water partition coefficient (Wildman–Crippen LogP) is 0.917. The number of aromatic nitrogens is 2. The Hall–Kier alpha value is -1.63. The van der Waals surface area contributed by atoms with Gasteiger partial charge in [0.15, 0.2) is 5.82 Å². The molecule has 2 fully saturated rings. The first-order valence-corrected chi connectivity index (χ1v) is 7.76. The molecule has 7 nitrogen and oxygen atoms in total. The highest BCUT2D eigenvalue weighted by Crippen LogP contribution is 2.35. The van der Waals surface area contributed by atoms with Crippen molar-refractivity contribution in [3.8, 4) is 0 Å². The van der Waals surface area contributed by atoms with Gasteiger partial charge in [-0.3, -0.25) is 0 Å². The second kappa shape index (κ2) is 6.01. The average molecular weight is 293 g/mol. The maximum absolute atomic E-state index is 12.3. The summed E-state index contributed by atoms with van der Waals surface area (Å²) in [7, 11) is 0. The van der Waals surface area contributed by atoms with Crippen LogP contribution >= 0.6 is 0 Å². The van der Waals surface area contributed by atoms with Crippen LogP contribution in [0.1, 0.15) is 37.9 Å². The highest BCUT2D eigenvalue weighted by Gasteiger charge is 2.39. The van der Waals surface area contributed by atoms with Crippen molar-refractivity contribution in [2.24, 2.45) is 5.41 Å². The van der Waals surface area contributed by atoms with Gasteiger partial charge in [-0.15, -0.1) is 0 Å². The minimum atomic E-state index is -0.0242. The molecule has 2 aliphatic heterocycles. The predicted molar refractivity (Wildman–Crippen MR) is 76.6 cm³/mol. The molecule has 0 aromatic carbocycles. The Morgan fingerprint density at radius 3 is 3.14 bits per heavy atom. The van der Waals surface area contributed by atoms with E-state index in [0.29, 0.717) is 24.7 Å². The molecule has 116 valence electrons. The van der Waals surface area contributed by atoms with E-state index in [-0.39, 0.29) is 11.4 Å². The third-order valence-electron chi connectivity index (χ3n) is 4.49. The minimum Gasteiger partial charge on any atom is -0.339 e.